The van der Waals surface area contributed by atoms with Crippen LogP contribution in [0, 0.1) is 6.92 Å². The van der Waals surface area contributed by atoms with Gasteiger partial charge in [0.15, 0.2) is 0 Å². The highest BCUT2D eigenvalue weighted by Crippen LogP contribution is 2.36. The summed E-state index contributed by atoms with van der Waals surface area (Å²) in [4.78, 5) is 37.0. The van der Waals surface area contributed by atoms with Crippen molar-refractivity contribution < 1.29 is 9.59 Å². The fraction of sp³-hybridized carbons (Fsp3) is 0.333. The third kappa shape index (κ3) is 4.94. The minimum Gasteiger partial charge on any atom is -0.352 e. The molecule has 0 unspecified atom stereocenters. The molecule has 6 nitrogen and oxygen atoms in total. The lowest BCUT2D eigenvalue weighted by Crippen LogP contribution is -2.39. The van der Waals surface area contributed by atoms with Crippen molar-refractivity contribution in [2.45, 2.75) is 30.8 Å². The van der Waals surface area contributed by atoms with Gasteiger partial charge in [-0.15, -0.1) is 11.3 Å². The minimum atomic E-state index is -0.0982. The Morgan fingerprint density at radius 1 is 1.24 bits per heavy atom. The number of thioether (sulfide) groups is 1. The number of aryl methyl sites for hydroxylation is 1. The average Bonchev–Trinajstić information content (AvgIpc) is 3.41. The van der Waals surface area contributed by atoms with E-state index in [9.17, 15) is 9.59 Å². The number of carbonyl (C=O) groups is 2. The predicted molar refractivity (Wildman–Crippen MR) is 117 cm³/mol. The molecule has 1 saturated carbocycles. The Morgan fingerprint density at radius 2 is 2.00 bits per heavy atom. The van der Waals surface area contributed by atoms with Crippen LogP contribution in [0.25, 0.3) is 20.7 Å². The SMILES string of the molecule is Cc1nc(SCC(=O)N(C)CC(=O)NC2CC2)c2cc(-c3ccccc3)sc2n1. The number of hydrogen-bond donors (Lipinski definition) is 1. The molecule has 0 bridgehead atoms. The van der Waals surface area contributed by atoms with Crippen molar-refractivity contribution >= 4 is 45.1 Å². The number of aromatic nitrogens is 2. The lowest BCUT2D eigenvalue weighted by molar-refractivity contribution is -0.132. The van der Waals surface area contributed by atoms with Crippen molar-refractivity contribution in [3.8, 4) is 10.4 Å². The molecule has 0 saturated heterocycles. The highest BCUT2D eigenvalue weighted by atomic mass is 32.2. The second kappa shape index (κ2) is 8.51. The summed E-state index contributed by atoms with van der Waals surface area (Å²) in [7, 11) is 1.66. The highest BCUT2D eigenvalue weighted by Gasteiger charge is 2.24. The molecule has 1 aliphatic carbocycles. The van der Waals surface area contributed by atoms with Crippen molar-refractivity contribution in [1.82, 2.24) is 20.2 Å². The number of thiophene rings is 1. The van der Waals surface area contributed by atoms with Crippen LogP contribution in [0.3, 0.4) is 0 Å². The maximum Gasteiger partial charge on any atom is 0.239 e. The smallest absolute Gasteiger partial charge is 0.239 e. The average molecular weight is 427 g/mol. The molecule has 150 valence electrons. The first-order valence-corrected chi connectivity index (χ1v) is 11.3. The molecule has 0 aliphatic heterocycles. The second-order valence-corrected chi connectivity index (χ2v) is 9.15. The van der Waals surface area contributed by atoms with Gasteiger partial charge in [0.25, 0.3) is 0 Å². The first kappa shape index (κ1) is 19.8. The van der Waals surface area contributed by atoms with Crippen LogP contribution in [0.2, 0.25) is 0 Å². The molecular weight excluding hydrogens is 404 g/mol. The fourth-order valence-corrected chi connectivity index (χ4v) is 5.03. The molecule has 3 aromatic rings. The van der Waals surface area contributed by atoms with E-state index in [1.807, 2.05) is 25.1 Å². The minimum absolute atomic E-state index is 0.0880. The zero-order valence-electron chi connectivity index (χ0n) is 16.3. The number of nitrogens with zero attached hydrogens (tertiary/aromatic N) is 3. The van der Waals surface area contributed by atoms with Gasteiger partial charge in [-0.3, -0.25) is 9.59 Å². The van der Waals surface area contributed by atoms with Crippen LogP contribution < -0.4 is 5.32 Å². The van der Waals surface area contributed by atoms with Gasteiger partial charge in [0.1, 0.15) is 15.7 Å². The number of hydrogen-bond acceptors (Lipinski definition) is 6. The molecule has 1 aliphatic rings. The van der Waals surface area contributed by atoms with E-state index < -0.39 is 0 Å². The number of benzene rings is 1. The lowest BCUT2D eigenvalue weighted by atomic mass is 10.2. The Bertz CT molecular complexity index is 1050. The Hall–Kier alpha value is -2.45. The molecule has 8 heteroatoms. The fourth-order valence-electron chi connectivity index (χ4n) is 2.90. The van der Waals surface area contributed by atoms with Gasteiger partial charge in [0, 0.05) is 23.4 Å². The van der Waals surface area contributed by atoms with Crippen molar-refractivity contribution in [3.63, 3.8) is 0 Å². The first-order valence-electron chi connectivity index (χ1n) is 9.49. The molecule has 0 radical (unpaired) electrons. The van der Waals surface area contributed by atoms with E-state index in [1.54, 1.807) is 18.4 Å². The van der Waals surface area contributed by atoms with Crippen molar-refractivity contribution in [1.29, 1.82) is 0 Å². The maximum absolute atomic E-state index is 12.5. The van der Waals surface area contributed by atoms with E-state index in [4.69, 9.17) is 0 Å². The number of rotatable bonds is 7. The molecule has 4 rings (SSSR count). The van der Waals surface area contributed by atoms with Crippen LogP contribution in [-0.2, 0) is 9.59 Å². The lowest BCUT2D eigenvalue weighted by Gasteiger charge is -2.16. The van der Waals surface area contributed by atoms with E-state index in [0.717, 1.165) is 38.5 Å². The third-order valence-electron chi connectivity index (χ3n) is 4.61. The van der Waals surface area contributed by atoms with E-state index in [-0.39, 0.29) is 24.1 Å². The zero-order valence-corrected chi connectivity index (χ0v) is 18.0. The summed E-state index contributed by atoms with van der Waals surface area (Å²) in [5, 5.41) is 4.67. The van der Waals surface area contributed by atoms with Crippen LogP contribution in [0.5, 0.6) is 0 Å². The van der Waals surface area contributed by atoms with Crippen LogP contribution >= 0.6 is 23.1 Å². The van der Waals surface area contributed by atoms with Crippen molar-refractivity contribution in [3.05, 3.63) is 42.2 Å². The van der Waals surface area contributed by atoms with Gasteiger partial charge in [-0.05, 0) is 31.4 Å². The molecule has 2 amide bonds. The Balaban J connectivity index is 1.46. The van der Waals surface area contributed by atoms with Gasteiger partial charge in [0.2, 0.25) is 11.8 Å². The standard InChI is InChI=1S/C21H22N4O2S2/c1-13-22-20(28-12-19(27)25(2)11-18(26)24-15-8-9-15)16-10-17(29-21(16)23-13)14-6-4-3-5-7-14/h3-7,10,15H,8-9,11-12H2,1-2H3,(H,24,26). The summed E-state index contributed by atoms with van der Waals surface area (Å²) in [6.07, 6.45) is 2.07. The number of amides is 2. The van der Waals surface area contributed by atoms with Gasteiger partial charge in [-0.25, -0.2) is 9.97 Å². The van der Waals surface area contributed by atoms with Gasteiger partial charge in [-0.2, -0.15) is 0 Å². The Labute approximate surface area is 177 Å². The highest BCUT2D eigenvalue weighted by molar-refractivity contribution is 8.00. The van der Waals surface area contributed by atoms with Crippen molar-refractivity contribution in [2.75, 3.05) is 19.3 Å². The quantitative estimate of drug-likeness (QED) is 0.462. The number of nitrogens with one attached hydrogen (secondary N) is 1. The van der Waals surface area contributed by atoms with Gasteiger partial charge < -0.3 is 10.2 Å². The zero-order chi connectivity index (χ0) is 20.4. The molecule has 0 atom stereocenters. The molecule has 2 heterocycles. The Kier molecular flexibility index (Phi) is 5.82. The van der Waals surface area contributed by atoms with E-state index in [2.05, 4.69) is 33.5 Å². The summed E-state index contributed by atoms with van der Waals surface area (Å²) in [6, 6.07) is 12.6. The summed E-state index contributed by atoms with van der Waals surface area (Å²) in [6.45, 7) is 1.95. The molecular formula is C21H22N4O2S2. The topological polar surface area (TPSA) is 75.2 Å². The van der Waals surface area contributed by atoms with E-state index in [1.165, 1.54) is 16.7 Å². The van der Waals surface area contributed by atoms with Gasteiger partial charge in [-0.1, -0.05) is 42.1 Å². The summed E-state index contributed by atoms with van der Waals surface area (Å²) >= 11 is 3.02. The summed E-state index contributed by atoms with van der Waals surface area (Å²) in [5.74, 6) is 0.726. The number of likely N-dealkylation sites (N-methyl/N-ethyl adjacent to an activating group) is 1. The van der Waals surface area contributed by atoms with Crippen molar-refractivity contribution in [2.24, 2.45) is 0 Å². The first-order chi connectivity index (χ1) is 14.0. The van der Waals surface area contributed by atoms with Gasteiger partial charge in [0.05, 0.1) is 12.3 Å². The van der Waals surface area contributed by atoms with Crippen LogP contribution in [0.1, 0.15) is 18.7 Å². The number of fused-ring (bicyclic) bond motifs is 1. The molecule has 0 spiro atoms. The molecule has 29 heavy (non-hydrogen) atoms. The number of carbonyl (C=O) groups excluding carboxylic acids is 2. The van der Waals surface area contributed by atoms with Crippen LogP contribution in [0.15, 0.2) is 41.4 Å². The second-order valence-electron chi connectivity index (χ2n) is 7.15. The summed E-state index contributed by atoms with van der Waals surface area (Å²) < 4.78 is 0. The summed E-state index contributed by atoms with van der Waals surface area (Å²) in [5.41, 5.74) is 1.14. The maximum atomic E-state index is 12.5. The third-order valence-corrected chi connectivity index (χ3v) is 6.66. The molecule has 2 aromatic heterocycles. The monoisotopic (exact) mass is 426 g/mol. The van der Waals surface area contributed by atoms with Crippen LogP contribution in [0.4, 0.5) is 0 Å². The molecule has 1 fully saturated rings. The normalized spacial score (nSPS) is 13.4. The van der Waals surface area contributed by atoms with Gasteiger partial charge >= 0.3 is 0 Å². The predicted octanol–water partition coefficient (Wildman–Crippen LogP) is 3.50. The Morgan fingerprint density at radius 3 is 2.72 bits per heavy atom. The van der Waals surface area contributed by atoms with E-state index in [0.29, 0.717) is 11.9 Å². The molecule has 1 aromatic carbocycles. The molecule has 1 N–H and O–H groups in total. The van der Waals surface area contributed by atoms with Crippen LogP contribution in [-0.4, -0.2) is 52.1 Å². The van der Waals surface area contributed by atoms with E-state index >= 15 is 0 Å². The largest absolute Gasteiger partial charge is 0.352 e.